The Bertz CT molecular complexity index is 1050. The maximum absolute atomic E-state index is 11.2. The maximum Gasteiger partial charge on any atom is 0.333 e. The summed E-state index contributed by atoms with van der Waals surface area (Å²) in [5.41, 5.74) is 3.93. The lowest BCUT2D eigenvalue weighted by Gasteiger charge is -2.24. The number of ether oxygens (including phenoxy) is 3. The molecule has 6 nitrogen and oxygen atoms in total. The second-order valence-electron chi connectivity index (χ2n) is 7.24. The summed E-state index contributed by atoms with van der Waals surface area (Å²) >= 11 is 0. The molecule has 0 radical (unpaired) electrons. The number of aliphatic carboxylic acids is 1. The van der Waals surface area contributed by atoms with Gasteiger partial charge in [0.15, 0.2) is 17.6 Å². The third kappa shape index (κ3) is 4.98. The van der Waals surface area contributed by atoms with Crippen molar-refractivity contribution in [2.45, 2.75) is 25.9 Å². The van der Waals surface area contributed by atoms with E-state index in [4.69, 9.17) is 14.2 Å². The number of hydrogen-bond acceptors (Lipinski definition) is 5. The molecule has 0 saturated heterocycles. The minimum atomic E-state index is -0.950. The molecule has 0 spiro atoms. The molecule has 1 heterocycles. The molecule has 0 aliphatic carbocycles. The highest BCUT2D eigenvalue weighted by molar-refractivity contribution is 5.77. The lowest BCUT2D eigenvalue weighted by atomic mass is 10.1. The van der Waals surface area contributed by atoms with Crippen LogP contribution in [0.4, 0.5) is 11.4 Å². The largest absolute Gasteiger partial charge is 0.493 e. The summed E-state index contributed by atoms with van der Waals surface area (Å²) < 4.78 is 17.2. The Labute approximate surface area is 181 Å². The SMILES string of the molecule is CCO[C@@H](Cc1ccc(OCCc2cccc3c2Nc2ccccc2O3)cc1)C(=O)O. The molecule has 2 N–H and O–H groups in total. The normalized spacial score (nSPS) is 12.7. The van der Waals surface area contributed by atoms with E-state index in [9.17, 15) is 9.90 Å². The Morgan fingerprint density at radius 1 is 1.03 bits per heavy atom. The predicted molar refractivity (Wildman–Crippen MR) is 119 cm³/mol. The minimum Gasteiger partial charge on any atom is -0.493 e. The van der Waals surface area contributed by atoms with Crippen molar-refractivity contribution >= 4 is 17.3 Å². The number of hydrogen-bond donors (Lipinski definition) is 2. The van der Waals surface area contributed by atoms with Crippen molar-refractivity contribution in [2.24, 2.45) is 0 Å². The van der Waals surface area contributed by atoms with Crippen LogP contribution in [-0.2, 0) is 22.4 Å². The fraction of sp³-hybridized carbons (Fsp3) is 0.240. The van der Waals surface area contributed by atoms with Gasteiger partial charge in [0.05, 0.1) is 18.0 Å². The summed E-state index contributed by atoms with van der Waals surface area (Å²) in [4.78, 5) is 11.2. The van der Waals surface area contributed by atoms with Gasteiger partial charge in [-0.1, -0.05) is 36.4 Å². The van der Waals surface area contributed by atoms with E-state index in [2.05, 4.69) is 11.4 Å². The van der Waals surface area contributed by atoms with Crippen LogP contribution >= 0.6 is 0 Å². The highest BCUT2D eigenvalue weighted by Crippen LogP contribution is 2.43. The molecule has 0 amide bonds. The van der Waals surface area contributed by atoms with E-state index >= 15 is 0 Å². The monoisotopic (exact) mass is 419 g/mol. The average molecular weight is 419 g/mol. The standard InChI is InChI=1S/C25H25NO5/c1-2-29-23(25(27)28)16-17-10-12-19(13-11-17)30-15-14-18-6-5-9-22-24(18)26-20-7-3-4-8-21(20)31-22/h3-13,23,26H,2,14-16H2,1H3,(H,27,28)/t23-/m0/s1. The van der Waals surface area contributed by atoms with Crippen LogP contribution in [0.5, 0.6) is 17.2 Å². The fourth-order valence-electron chi connectivity index (χ4n) is 3.56. The van der Waals surface area contributed by atoms with Gasteiger partial charge < -0.3 is 24.6 Å². The van der Waals surface area contributed by atoms with Gasteiger partial charge in [0.2, 0.25) is 0 Å². The highest BCUT2D eigenvalue weighted by Gasteiger charge is 2.19. The molecule has 160 valence electrons. The lowest BCUT2D eigenvalue weighted by molar-refractivity contribution is -0.149. The summed E-state index contributed by atoms with van der Waals surface area (Å²) in [7, 11) is 0. The third-order valence-corrected chi connectivity index (χ3v) is 5.11. The molecule has 31 heavy (non-hydrogen) atoms. The van der Waals surface area contributed by atoms with E-state index in [1.807, 2.05) is 60.7 Å². The van der Waals surface area contributed by atoms with E-state index in [0.29, 0.717) is 19.6 Å². The zero-order valence-electron chi connectivity index (χ0n) is 17.3. The first-order chi connectivity index (χ1) is 15.1. The molecule has 1 aliphatic rings. The van der Waals surface area contributed by atoms with Crippen LogP contribution in [0.15, 0.2) is 66.7 Å². The molecule has 0 bridgehead atoms. The third-order valence-electron chi connectivity index (χ3n) is 5.11. The quantitative estimate of drug-likeness (QED) is 0.389. The molecular weight excluding hydrogens is 394 g/mol. The van der Waals surface area contributed by atoms with Crippen molar-refractivity contribution in [3.05, 3.63) is 77.9 Å². The molecule has 1 atom stereocenters. The van der Waals surface area contributed by atoms with Gasteiger partial charge in [0, 0.05) is 19.4 Å². The Hall–Kier alpha value is -3.51. The topological polar surface area (TPSA) is 77.0 Å². The van der Waals surface area contributed by atoms with Crippen LogP contribution in [0, 0.1) is 0 Å². The van der Waals surface area contributed by atoms with E-state index in [1.165, 1.54) is 0 Å². The second kappa shape index (κ2) is 9.53. The van der Waals surface area contributed by atoms with Crippen molar-refractivity contribution in [1.82, 2.24) is 0 Å². The van der Waals surface area contributed by atoms with Crippen molar-refractivity contribution in [3.63, 3.8) is 0 Å². The highest BCUT2D eigenvalue weighted by atomic mass is 16.5. The van der Waals surface area contributed by atoms with E-state index < -0.39 is 12.1 Å². The second-order valence-corrected chi connectivity index (χ2v) is 7.24. The molecule has 1 aliphatic heterocycles. The molecule has 4 rings (SSSR count). The Morgan fingerprint density at radius 3 is 2.58 bits per heavy atom. The van der Waals surface area contributed by atoms with Crippen LogP contribution in [0.2, 0.25) is 0 Å². The Balaban J connectivity index is 1.35. The molecule has 0 fully saturated rings. The van der Waals surface area contributed by atoms with E-state index in [-0.39, 0.29) is 0 Å². The van der Waals surface area contributed by atoms with Gasteiger partial charge in [-0.15, -0.1) is 0 Å². The summed E-state index contributed by atoms with van der Waals surface area (Å²) in [6, 6.07) is 21.3. The summed E-state index contributed by atoms with van der Waals surface area (Å²) in [6.45, 7) is 2.67. The lowest BCUT2D eigenvalue weighted by Crippen LogP contribution is -2.26. The first-order valence-electron chi connectivity index (χ1n) is 10.4. The zero-order chi connectivity index (χ0) is 21.6. The minimum absolute atomic E-state index is 0.326. The van der Waals surface area contributed by atoms with Crippen LogP contribution in [0.1, 0.15) is 18.1 Å². The van der Waals surface area contributed by atoms with Crippen LogP contribution in [0.25, 0.3) is 0 Å². The van der Waals surface area contributed by atoms with Gasteiger partial charge in [-0.25, -0.2) is 4.79 Å². The van der Waals surface area contributed by atoms with Gasteiger partial charge >= 0.3 is 5.97 Å². The van der Waals surface area contributed by atoms with Crippen molar-refractivity contribution in [3.8, 4) is 17.2 Å². The van der Waals surface area contributed by atoms with E-state index in [1.54, 1.807) is 6.92 Å². The zero-order valence-corrected chi connectivity index (χ0v) is 17.3. The van der Waals surface area contributed by atoms with Gasteiger partial charge in [-0.3, -0.25) is 0 Å². The fourth-order valence-corrected chi connectivity index (χ4v) is 3.56. The number of carboxylic acid groups (broad SMARTS) is 1. The van der Waals surface area contributed by atoms with Crippen LogP contribution in [-0.4, -0.2) is 30.4 Å². The first kappa shape index (κ1) is 20.8. The van der Waals surface area contributed by atoms with Gasteiger partial charge in [-0.2, -0.15) is 0 Å². The molecule has 6 heteroatoms. The average Bonchev–Trinajstić information content (AvgIpc) is 2.78. The number of fused-ring (bicyclic) bond motifs is 2. The molecular formula is C25H25NO5. The Morgan fingerprint density at radius 2 is 1.81 bits per heavy atom. The smallest absolute Gasteiger partial charge is 0.333 e. The number of carbonyl (C=O) groups is 1. The summed E-state index contributed by atoms with van der Waals surface area (Å²) in [6.07, 6.45) is 0.211. The maximum atomic E-state index is 11.2. The van der Waals surface area contributed by atoms with Crippen molar-refractivity contribution in [1.29, 1.82) is 0 Å². The van der Waals surface area contributed by atoms with Crippen LogP contribution < -0.4 is 14.8 Å². The van der Waals surface area contributed by atoms with Gasteiger partial charge in [0.25, 0.3) is 0 Å². The number of nitrogens with one attached hydrogen (secondary N) is 1. The van der Waals surface area contributed by atoms with Crippen molar-refractivity contribution in [2.75, 3.05) is 18.5 Å². The first-order valence-corrected chi connectivity index (χ1v) is 10.4. The number of carboxylic acids is 1. The number of para-hydroxylation sites is 3. The molecule has 0 unspecified atom stereocenters. The molecule has 0 aromatic heterocycles. The predicted octanol–water partition coefficient (Wildman–Crippen LogP) is 5.19. The summed E-state index contributed by atoms with van der Waals surface area (Å²) in [5.74, 6) is 1.42. The number of benzene rings is 3. The van der Waals surface area contributed by atoms with Gasteiger partial charge in [0.1, 0.15) is 5.75 Å². The summed E-state index contributed by atoms with van der Waals surface area (Å²) in [5, 5.41) is 12.7. The van der Waals surface area contributed by atoms with Crippen molar-refractivity contribution < 1.29 is 24.1 Å². The number of rotatable bonds is 9. The molecule has 0 saturated carbocycles. The molecule has 3 aromatic carbocycles. The number of anilines is 2. The van der Waals surface area contributed by atoms with Gasteiger partial charge in [-0.05, 0) is 48.4 Å². The van der Waals surface area contributed by atoms with Crippen LogP contribution in [0.3, 0.4) is 0 Å². The molecule has 3 aromatic rings. The van der Waals surface area contributed by atoms with E-state index in [0.717, 1.165) is 46.2 Å². The Kier molecular flexibility index (Phi) is 6.38.